The van der Waals surface area contributed by atoms with Crippen molar-refractivity contribution in [3.05, 3.63) is 144 Å². The number of hydrogen-bond donors (Lipinski definition) is 2. The Kier molecular flexibility index (Phi) is 9.48. The number of ether oxygens (including phenoxy) is 2. The molecule has 2 aromatic carbocycles. The molecular formula is C40H40N8O2S2+2. The number of hydrogen-bond acceptors (Lipinski definition) is 6. The van der Waals surface area contributed by atoms with E-state index >= 15 is 0 Å². The molecule has 6 heterocycles. The van der Waals surface area contributed by atoms with Gasteiger partial charge in [0.05, 0.1) is 58.9 Å². The first-order valence-electron chi connectivity index (χ1n) is 17.1. The highest BCUT2D eigenvalue weighted by molar-refractivity contribution is 8.76. The summed E-state index contributed by atoms with van der Waals surface area (Å²) >= 11 is 0. The molecule has 52 heavy (non-hydrogen) atoms. The number of nitrogens with one attached hydrogen (secondary N) is 2. The van der Waals surface area contributed by atoms with Crippen molar-refractivity contribution in [3.63, 3.8) is 0 Å². The van der Waals surface area contributed by atoms with E-state index in [1.54, 1.807) is 14.2 Å². The maximum absolute atomic E-state index is 5.74. The maximum Gasteiger partial charge on any atom is 0.206 e. The lowest BCUT2D eigenvalue weighted by Crippen LogP contribution is -2.40. The van der Waals surface area contributed by atoms with Crippen LogP contribution in [0.25, 0.3) is 33.4 Å². The Morgan fingerprint density at radius 3 is 1.44 bits per heavy atom. The Labute approximate surface area is 309 Å². The topological polar surface area (TPSA) is 93.4 Å². The Balaban J connectivity index is 0.993. The van der Waals surface area contributed by atoms with Crippen LogP contribution in [0.3, 0.4) is 0 Å². The van der Waals surface area contributed by atoms with Crippen molar-refractivity contribution in [2.24, 2.45) is 0 Å². The third-order valence-electron chi connectivity index (χ3n) is 9.50. The molecule has 0 amide bonds. The fourth-order valence-electron chi connectivity index (χ4n) is 6.68. The van der Waals surface area contributed by atoms with Gasteiger partial charge in [0, 0.05) is 48.3 Å². The molecule has 6 aromatic heterocycles. The monoisotopic (exact) mass is 728 g/mol. The van der Waals surface area contributed by atoms with Crippen molar-refractivity contribution < 1.29 is 18.6 Å². The quantitative estimate of drug-likeness (QED) is 0.0730. The van der Waals surface area contributed by atoms with Gasteiger partial charge in [0.1, 0.15) is 11.5 Å². The van der Waals surface area contributed by atoms with E-state index < -0.39 is 0 Å². The molecule has 10 nitrogen and oxygen atoms in total. The molecule has 0 radical (unpaired) electrons. The summed E-state index contributed by atoms with van der Waals surface area (Å²) in [5.41, 5.74) is 10.8. The highest BCUT2D eigenvalue weighted by Gasteiger charge is 2.23. The average Bonchev–Trinajstić information content (AvgIpc) is 3.99. The minimum absolute atomic E-state index is 0.623. The second-order valence-corrected chi connectivity index (χ2v) is 15.1. The van der Waals surface area contributed by atoms with Crippen LogP contribution in [-0.4, -0.2) is 43.3 Å². The Morgan fingerprint density at radius 2 is 1.04 bits per heavy atom. The number of rotatable bonds is 13. The molecule has 0 aliphatic carbocycles. The fourth-order valence-corrected chi connectivity index (χ4v) is 9.01. The molecule has 0 bridgehead atoms. The first-order chi connectivity index (χ1) is 25.5. The van der Waals surface area contributed by atoms with Crippen LogP contribution < -0.4 is 18.6 Å². The number of methoxy groups -OCH3 is 2. The lowest BCUT2D eigenvalue weighted by atomic mass is 10.2. The number of imidazole rings is 2. The van der Waals surface area contributed by atoms with E-state index in [9.17, 15) is 0 Å². The molecule has 0 spiro atoms. The number of nitrogens with zero attached hydrogens (tertiary/aromatic N) is 6. The van der Waals surface area contributed by atoms with Crippen LogP contribution in [0.4, 0.5) is 0 Å². The maximum atomic E-state index is 5.74. The second-order valence-electron chi connectivity index (χ2n) is 12.6. The van der Waals surface area contributed by atoms with Gasteiger partial charge >= 0.3 is 0 Å². The lowest BCUT2D eigenvalue weighted by molar-refractivity contribution is -0.696. The summed E-state index contributed by atoms with van der Waals surface area (Å²) in [5, 5.41) is 0. The first kappa shape index (κ1) is 33.7. The minimum atomic E-state index is 0.623. The van der Waals surface area contributed by atoms with Gasteiger partial charge < -0.3 is 28.6 Å². The number of aromatic amines is 2. The molecule has 262 valence electrons. The molecule has 0 saturated carbocycles. The molecule has 0 aliphatic rings. The summed E-state index contributed by atoms with van der Waals surface area (Å²) in [4.78, 5) is 17.0. The summed E-state index contributed by atoms with van der Waals surface area (Å²) in [6.07, 6.45) is 12.4. The van der Waals surface area contributed by atoms with E-state index in [2.05, 4.69) is 90.9 Å². The average molecular weight is 729 g/mol. The molecule has 12 heteroatoms. The van der Waals surface area contributed by atoms with Crippen LogP contribution in [-0.2, 0) is 24.6 Å². The fraction of sp³-hybridized carbons (Fsp3) is 0.200. The first-order valence-corrected chi connectivity index (χ1v) is 19.6. The van der Waals surface area contributed by atoms with E-state index in [1.807, 2.05) is 82.8 Å². The number of pyridine rings is 2. The van der Waals surface area contributed by atoms with Crippen molar-refractivity contribution in [2.75, 3.05) is 14.2 Å². The summed E-state index contributed by atoms with van der Waals surface area (Å²) < 4.78 is 20.2. The van der Waals surface area contributed by atoms with Gasteiger partial charge in [-0.05, 0) is 74.5 Å². The lowest BCUT2D eigenvalue weighted by Gasteiger charge is -2.11. The van der Waals surface area contributed by atoms with E-state index in [-0.39, 0.29) is 0 Å². The highest BCUT2D eigenvalue weighted by Crippen LogP contribution is 2.33. The third kappa shape index (κ3) is 6.79. The van der Waals surface area contributed by atoms with E-state index in [4.69, 9.17) is 19.4 Å². The smallest absolute Gasteiger partial charge is 0.206 e. The predicted molar refractivity (Wildman–Crippen MR) is 207 cm³/mol. The van der Waals surface area contributed by atoms with Gasteiger partial charge in [-0.15, -0.1) is 0 Å². The van der Waals surface area contributed by atoms with Crippen molar-refractivity contribution in [3.8, 4) is 22.9 Å². The van der Waals surface area contributed by atoms with E-state index in [1.165, 1.54) is 11.4 Å². The van der Waals surface area contributed by atoms with E-state index in [0.29, 0.717) is 13.1 Å². The van der Waals surface area contributed by atoms with Crippen LogP contribution >= 0.6 is 21.6 Å². The van der Waals surface area contributed by atoms with Gasteiger partial charge in [-0.3, -0.25) is 0 Å². The van der Waals surface area contributed by atoms with E-state index in [0.717, 1.165) is 79.2 Å². The van der Waals surface area contributed by atoms with Gasteiger partial charge in [0.15, 0.2) is 35.4 Å². The zero-order chi connectivity index (χ0) is 35.6. The highest BCUT2D eigenvalue weighted by atomic mass is 33.1. The summed E-state index contributed by atoms with van der Waals surface area (Å²) in [5.74, 6) is 5.17. The zero-order valence-corrected chi connectivity index (χ0v) is 31.2. The van der Waals surface area contributed by atoms with Gasteiger partial charge in [-0.25, -0.2) is 9.97 Å². The minimum Gasteiger partial charge on any atom is -0.496 e. The Hall–Kier alpha value is -5.46. The molecule has 0 atom stereocenters. The molecule has 0 fully saturated rings. The zero-order valence-electron chi connectivity index (χ0n) is 29.5. The van der Waals surface area contributed by atoms with Crippen molar-refractivity contribution in [1.82, 2.24) is 29.1 Å². The molecule has 2 N–H and O–H groups in total. The second kappa shape index (κ2) is 14.6. The molecule has 0 saturated heterocycles. The summed E-state index contributed by atoms with van der Waals surface area (Å²) in [7, 11) is 7.13. The van der Waals surface area contributed by atoms with Crippen LogP contribution in [0.15, 0.2) is 110 Å². The summed E-state index contributed by atoms with van der Waals surface area (Å²) in [6.45, 7) is 5.51. The molecule has 8 aromatic rings. The third-order valence-corrected chi connectivity index (χ3v) is 11.7. The van der Waals surface area contributed by atoms with Crippen LogP contribution in [0.5, 0.6) is 11.5 Å². The van der Waals surface area contributed by atoms with Crippen LogP contribution in [0.1, 0.15) is 34.2 Å². The molecular weight excluding hydrogens is 689 g/mol. The SMILES string of the molecule is COc1cc[n+](Cc2nc3ccc(-n4cccc4)cc3[nH]2)c(CSSCc2c(C)c(OC)cc[n+]2Cc2nc3ccc(-n4cccc4)cc3[nH]2)c1C. The van der Waals surface area contributed by atoms with Crippen molar-refractivity contribution in [1.29, 1.82) is 0 Å². The number of H-pyrrole nitrogens is 2. The molecule has 0 aliphatic heterocycles. The van der Waals surface area contributed by atoms with Gasteiger partial charge in [0.25, 0.3) is 0 Å². The Bertz CT molecular complexity index is 2310. The predicted octanol–water partition coefficient (Wildman–Crippen LogP) is 7.41. The number of fused-ring (bicyclic) bond motifs is 2. The standard InChI is InChI=1S/C40H40N8O2S2/c1-27-35(47(19-13-37(27)49-3)23-39-41-31-11-9-29(21-33(31)43-39)45-15-5-6-16-45)25-51-52-26-36-28(2)38(50-4)14-20-48(36)24-40-42-32-12-10-30(22-34(32)44-40)46-17-7-8-18-46/h5-22H,23-26H2,1-4H3,(H,41,43)(H,42,44)/q+2. The van der Waals surface area contributed by atoms with Crippen molar-refractivity contribution in [2.45, 2.75) is 38.4 Å². The summed E-state index contributed by atoms with van der Waals surface area (Å²) in [6, 6.07) is 24.8. The van der Waals surface area contributed by atoms with Gasteiger partial charge in [-0.2, -0.15) is 9.13 Å². The molecule has 8 rings (SSSR count). The van der Waals surface area contributed by atoms with Gasteiger partial charge in [0.2, 0.25) is 13.1 Å². The molecule has 0 unspecified atom stereocenters. The normalized spacial score (nSPS) is 11.5. The van der Waals surface area contributed by atoms with Gasteiger partial charge in [-0.1, -0.05) is 21.6 Å². The number of aromatic nitrogens is 8. The van der Waals surface area contributed by atoms with Crippen LogP contribution in [0, 0.1) is 13.8 Å². The Morgan fingerprint density at radius 1 is 0.615 bits per heavy atom. The van der Waals surface area contributed by atoms with Crippen molar-refractivity contribution >= 4 is 43.7 Å². The van der Waals surface area contributed by atoms with Crippen LogP contribution in [0.2, 0.25) is 0 Å². The number of benzene rings is 2. The largest absolute Gasteiger partial charge is 0.496 e.